The molecule has 112 valence electrons. The van der Waals surface area contributed by atoms with Crippen LogP contribution in [0.25, 0.3) is 11.0 Å². The standard InChI is InChI=1S/C16H19ClN2O2/c17-6-9-18-7-3-8-19(11-10-18)16(20)14-12-21-15-5-2-1-4-13(14)15/h1-2,4-5,12H,3,6-11H2. The molecule has 1 fully saturated rings. The summed E-state index contributed by atoms with van der Waals surface area (Å²) in [4.78, 5) is 16.9. The van der Waals surface area contributed by atoms with Crippen LogP contribution in [-0.2, 0) is 0 Å². The number of rotatable bonds is 3. The molecule has 2 heterocycles. The molecule has 3 rings (SSSR count). The Labute approximate surface area is 129 Å². The van der Waals surface area contributed by atoms with Gasteiger partial charge in [0.2, 0.25) is 0 Å². The zero-order chi connectivity index (χ0) is 14.7. The Kier molecular flexibility index (Phi) is 4.46. The van der Waals surface area contributed by atoms with E-state index >= 15 is 0 Å². The fourth-order valence-corrected chi connectivity index (χ4v) is 3.07. The van der Waals surface area contributed by atoms with Gasteiger partial charge in [0.15, 0.2) is 0 Å². The van der Waals surface area contributed by atoms with Crippen molar-refractivity contribution >= 4 is 28.5 Å². The fraction of sp³-hybridized carbons (Fsp3) is 0.438. The number of nitrogens with zero attached hydrogens (tertiary/aromatic N) is 2. The van der Waals surface area contributed by atoms with Gasteiger partial charge in [0.05, 0.1) is 5.56 Å². The molecule has 2 aromatic rings. The minimum absolute atomic E-state index is 0.0627. The lowest BCUT2D eigenvalue weighted by atomic mass is 10.1. The minimum atomic E-state index is 0.0627. The van der Waals surface area contributed by atoms with E-state index in [4.69, 9.17) is 16.0 Å². The van der Waals surface area contributed by atoms with Crippen LogP contribution in [0, 0.1) is 0 Å². The summed E-state index contributed by atoms with van der Waals surface area (Å²) < 4.78 is 5.48. The van der Waals surface area contributed by atoms with Crippen molar-refractivity contribution in [3.05, 3.63) is 36.1 Å². The number of hydrogen-bond acceptors (Lipinski definition) is 3. The minimum Gasteiger partial charge on any atom is -0.463 e. The molecule has 0 spiro atoms. The first-order valence-corrected chi connectivity index (χ1v) is 7.87. The summed E-state index contributed by atoms with van der Waals surface area (Å²) >= 11 is 5.80. The lowest BCUT2D eigenvalue weighted by Gasteiger charge is -2.21. The SMILES string of the molecule is O=C(c1coc2ccccc12)N1CCCN(CCCl)CC1. The van der Waals surface area contributed by atoms with Crippen molar-refractivity contribution in [2.45, 2.75) is 6.42 Å². The van der Waals surface area contributed by atoms with Gasteiger partial charge in [-0.15, -0.1) is 11.6 Å². The second kappa shape index (κ2) is 6.50. The van der Waals surface area contributed by atoms with Gasteiger partial charge in [-0.3, -0.25) is 4.79 Å². The van der Waals surface area contributed by atoms with E-state index in [9.17, 15) is 4.79 Å². The fourth-order valence-electron chi connectivity index (χ4n) is 2.83. The van der Waals surface area contributed by atoms with E-state index < -0.39 is 0 Å². The number of furan rings is 1. The van der Waals surface area contributed by atoms with E-state index in [0.717, 1.165) is 50.1 Å². The van der Waals surface area contributed by atoms with Gasteiger partial charge < -0.3 is 14.2 Å². The highest BCUT2D eigenvalue weighted by molar-refractivity contribution is 6.18. The van der Waals surface area contributed by atoms with Gasteiger partial charge in [0.25, 0.3) is 5.91 Å². The molecule has 0 radical (unpaired) electrons. The van der Waals surface area contributed by atoms with Crippen LogP contribution in [0.15, 0.2) is 34.9 Å². The van der Waals surface area contributed by atoms with E-state index in [-0.39, 0.29) is 5.91 Å². The van der Waals surface area contributed by atoms with Gasteiger partial charge in [-0.1, -0.05) is 18.2 Å². The van der Waals surface area contributed by atoms with Gasteiger partial charge in [0, 0.05) is 37.4 Å². The maximum Gasteiger partial charge on any atom is 0.257 e. The third-order valence-electron chi connectivity index (χ3n) is 3.99. The van der Waals surface area contributed by atoms with Gasteiger partial charge in [0.1, 0.15) is 11.8 Å². The summed E-state index contributed by atoms with van der Waals surface area (Å²) in [6.45, 7) is 4.31. The lowest BCUT2D eigenvalue weighted by Crippen LogP contribution is -2.35. The number of halogens is 1. The van der Waals surface area contributed by atoms with Gasteiger partial charge in [-0.2, -0.15) is 0 Å². The summed E-state index contributed by atoms with van der Waals surface area (Å²) in [5, 5.41) is 0.893. The molecule has 21 heavy (non-hydrogen) atoms. The van der Waals surface area contributed by atoms with Crippen LogP contribution < -0.4 is 0 Å². The van der Waals surface area contributed by atoms with Crippen molar-refractivity contribution in [2.24, 2.45) is 0 Å². The topological polar surface area (TPSA) is 36.7 Å². The molecule has 1 amide bonds. The molecule has 1 aliphatic rings. The van der Waals surface area contributed by atoms with Crippen LogP contribution in [0.2, 0.25) is 0 Å². The number of fused-ring (bicyclic) bond motifs is 1. The normalized spacial score (nSPS) is 17.1. The van der Waals surface area contributed by atoms with Crippen molar-refractivity contribution in [3.8, 4) is 0 Å². The largest absolute Gasteiger partial charge is 0.463 e. The number of hydrogen-bond donors (Lipinski definition) is 0. The summed E-state index contributed by atoms with van der Waals surface area (Å²) in [5.41, 5.74) is 1.43. The van der Waals surface area contributed by atoms with Crippen LogP contribution >= 0.6 is 11.6 Å². The second-order valence-electron chi connectivity index (χ2n) is 5.32. The molecule has 1 aliphatic heterocycles. The Hall–Kier alpha value is -1.52. The Balaban J connectivity index is 1.76. The maximum absolute atomic E-state index is 12.7. The third kappa shape index (κ3) is 3.06. The highest BCUT2D eigenvalue weighted by atomic mass is 35.5. The van der Waals surface area contributed by atoms with E-state index in [1.165, 1.54) is 0 Å². The maximum atomic E-state index is 12.7. The molecular weight excluding hydrogens is 288 g/mol. The molecule has 5 heteroatoms. The molecule has 0 atom stereocenters. The van der Waals surface area contributed by atoms with Crippen molar-refractivity contribution in [3.63, 3.8) is 0 Å². The molecule has 0 N–H and O–H groups in total. The average molecular weight is 307 g/mol. The summed E-state index contributed by atoms with van der Waals surface area (Å²) in [6.07, 6.45) is 2.56. The average Bonchev–Trinajstić information content (AvgIpc) is 2.80. The van der Waals surface area contributed by atoms with Crippen molar-refractivity contribution < 1.29 is 9.21 Å². The first-order chi connectivity index (χ1) is 10.3. The monoisotopic (exact) mass is 306 g/mol. The van der Waals surface area contributed by atoms with Gasteiger partial charge in [-0.25, -0.2) is 0 Å². The molecular formula is C16H19ClN2O2. The molecule has 1 aromatic carbocycles. The quantitative estimate of drug-likeness (QED) is 0.818. The highest BCUT2D eigenvalue weighted by Crippen LogP contribution is 2.22. The molecule has 0 unspecified atom stereocenters. The molecule has 4 nitrogen and oxygen atoms in total. The van der Waals surface area contributed by atoms with Crippen LogP contribution in [0.3, 0.4) is 0 Å². The van der Waals surface area contributed by atoms with Crippen LogP contribution in [0.4, 0.5) is 0 Å². The number of alkyl halides is 1. The number of carbonyl (C=O) groups is 1. The Bertz CT molecular complexity index is 626. The van der Waals surface area contributed by atoms with Crippen LogP contribution in [-0.4, -0.2) is 54.3 Å². The van der Waals surface area contributed by atoms with Crippen LogP contribution in [0.5, 0.6) is 0 Å². The zero-order valence-corrected chi connectivity index (χ0v) is 12.7. The molecule has 0 saturated carbocycles. The number of carbonyl (C=O) groups excluding carboxylic acids is 1. The van der Waals surface area contributed by atoms with Crippen molar-refractivity contribution in [1.82, 2.24) is 9.80 Å². The molecule has 1 aromatic heterocycles. The Morgan fingerprint density at radius 2 is 2.05 bits per heavy atom. The first-order valence-electron chi connectivity index (χ1n) is 7.33. The third-order valence-corrected chi connectivity index (χ3v) is 4.16. The van der Waals surface area contributed by atoms with E-state index in [0.29, 0.717) is 11.4 Å². The zero-order valence-electron chi connectivity index (χ0n) is 11.9. The summed E-state index contributed by atoms with van der Waals surface area (Å²) in [7, 11) is 0. The summed E-state index contributed by atoms with van der Waals surface area (Å²) in [6, 6.07) is 7.66. The smallest absolute Gasteiger partial charge is 0.257 e. The molecule has 1 saturated heterocycles. The lowest BCUT2D eigenvalue weighted by molar-refractivity contribution is 0.0763. The second-order valence-corrected chi connectivity index (χ2v) is 5.70. The molecule has 0 bridgehead atoms. The summed E-state index contributed by atoms with van der Waals surface area (Å²) in [5.74, 6) is 0.702. The predicted octanol–water partition coefficient (Wildman–Crippen LogP) is 2.82. The van der Waals surface area contributed by atoms with Gasteiger partial charge in [-0.05, 0) is 19.0 Å². The van der Waals surface area contributed by atoms with E-state index in [2.05, 4.69) is 4.90 Å². The van der Waals surface area contributed by atoms with Crippen molar-refractivity contribution in [2.75, 3.05) is 38.6 Å². The van der Waals surface area contributed by atoms with Crippen molar-refractivity contribution in [1.29, 1.82) is 0 Å². The number of amides is 1. The Morgan fingerprint density at radius 1 is 1.19 bits per heavy atom. The molecule has 0 aliphatic carbocycles. The van der Waals surface area contributed by atoms with E-state index in [1.54, 1.807) is 6.26 Å². The Morgan fingerprint density at radius 3 is 2.90 bits per heavy atom. The number of para-hydroxylation sites is 1. The first kappa shape index (κ1) is 14.4. The van der Waals surface area contributed by atoms with Gasteiger partial charge >= 0.3 is 0 Å². The highest BCUT2D eigenvalue weighted by Gasteiger charge is 2.22. The van der Waals surface area contributed by atoms with E-state index in [1.807, 2.05) is 29.2 Å². The van der Waals surface area contributed by atoms with Crippen LogP contribution in [0.1, 0.15) is 16.8 Å². The predicted molar refractivity (Wildman–Crippen MR) is 83.9 cm³/mol. The number of benzene rings is 1.